The first-order valence-electron chi connectivity index (χ1n) is 8.06. The Hall–Kier alpha value is -2.49. The summed E-state index contributed by atoms with van der Waals surface area (Å²) < 4.78 is 10.8. The largest absolute Gasteiger partial charge is 0.493 e. The van der Waals surface area contributed by atoms with Gasteiger partial charge in [0.2, 0.25) is 5.91 Å². The van der Waals surface area contributed by atoms with Gasteiger partial charge in [0.1, 0.15) is 11.5 Å². The second kappa shape index (κ2) is 5.95. The number of hydrogen-bond acceptors (Lipinski definition) is 3. The highest BCUT2D eigenvalue weighted by Gasteiger charge is 2.27. The Kier molecular flexibility index (Phi) is 3.66. The molecule has 0 saturated carbocycles. The lowest BCUT2D eigenvalue weighted by atomic mass is 9.96. The fourth-order valence-electron chi connectivity index (χ4n) is 3.34. The summed E-state index contributed by atoms with van der Waals surface area (Å²) in [6.07, 6.45) is 6.93. The monoisotopic (exact) mass is 309 g/mol. The zero-order valence-electron chi connectivity index (χ0n) is 12.9. The molecule has 0 spiro atoms. The molecule has 23 heavy (non-hydrogen) atoms. The average Bonchev–Trinajstić information content (AvgIpc) is 3.32. The van der Waals surface area contributed by atoms with Gasteiger partial charge in [0.05, 0.1) is 12.9 Å². The van der Waals surface area contributed by atoms with E-state index >= 15 is 0 Å². The van der Waals surface area contributed by atoms with Crippen molar-refractivity contribution >= 4 is 12.0 Å². The van der Waals surface area contributed by atoms with Gasteiger partial charge in [-0.25, -0.2) is 0 Å². The molecule has 118 valence electrons. The number of nitrogens with zero attached hydrogens (tertiary/aromatic N) is 1. The molecular formula is C19H19NO3. The molecule has 1 aromatic heterocycles. The summed E-state index contributed by atoms with van der Waals surface area (Å²) >= 11 is 0. The van der Waals surface area contributed by atoms with Crippen molar-refractivity contribution in [2.24, 2.45) is 0 Å². The number of amides is 1. The van der Waals surface area contributed by atoms with Gasteiger partial charge in [0.15, 0.2) is 0 Å². The van der Waals surface area contributed by atoms with Crippen LogP contribution in [0, 0.1) is 0 Å². The number of hydrogen-bond donors (Lipinski definition) is 0. The Balaban J connectivity index is 1.41. The molecule has 4 heteroatoms. The standard InChI is InChI=1S/C19H19NO3/c21-19(6-4-17-2-1-10-22-17)20-9-7-16(13-20)14-3-5-18-15(12-14)8-11-23-18/h1-6,10,12,16H,7-9,11,13H2/b6-4+. The quantitative estimate of drug-likeness (QED) is 0.817. The highest BCUT2D eigenvalue weighted by molar-refractivity contribution is 5.91. The molecule has 4 nitrogen and oxygen atoms in total. The third kappa shape index (κ3) is 2.89. The molecule has 3 heterocycles. The van der Waals surface area contributed by atoms with Gasteiger partial charge >= 0.3 is 0 Å². The summed E-state index contributed by atoms with van der Waals surface area (Å²) in [7, 11) is 0. The lowest BCUT2D eigenvalue weighted by Crippen LogP contribution is -2.26. The molecule has 2 aromatic rings. The molecule has 0 aliphatic carbocycles. The number of benzene rings is 1. The van der Waals surface area contributed by atoms with Crippen LogP contribution in [0.1, 0.15) is 29.2 Å². The third-order valence-corrected chi connectivity index (χ3v) is 4.62. The first-order chi connectivity index (χ1) is 11.3. The van der Waals surface area contributed by atoms with Gasteiger partial charge < -0.3 is 14.1 Å². The van der Waals surface area contributed by atoms with E-state index in [0.29, 0.717) is 11.7 Å². The molecule has 1 unspecified atom stereocenters. The Bertz CT molecular complexity index is 733. The molecule has 0 radical (unpaired) electrons. The van der Waals surface area contributed by atoms with E-state index in [0.717, 1.165) is 38.3 Å². The summed E-state index contributed by atoms with van der Waals surface area (Å²) in [6, 6.07) is 10.1. The maximum Gasteiger partial charge on any atom is 0.246 e. The van der Waals surface area contributed by atoms with Crippen molar-refractivity contribution in [3.63, 3.8) is 0 Å². The number of carbonyl (C=O) groups excluding carboxylic acids is 1. The summed E-state index contributed by atoms with van der Waals surface area (Å²) in [6.45, 7) is 2.37. The van der Waals surface area contributed by atoms with Crippen LogP contribution in [0.5, 0.6) is 5.75 Å². The number of rotatable bonds is 3. The maximum atomic E-state index is 12.3. The Morgan fingerprint density at radius 2 is 2.26 bits per heavy atom. The van der Waals surface area contributed by atoms with Gasteiger partial charge in [0, 0.05) is 31.5 Å². The molecule has 0 N–H and O–H groups in total. The number of carbonyl (C=O) groups is 1. The highest BCUT2D eigenvalue weighted by Crippen LogP contribution is 2.33. The minimum Gasteiger partial charge on any atom is -0.493 e. The molecule has 1 aromatic carbocycles. The van der Waals surface area contributed by atoms with Crippen LogP contribution in [0.3, 0.4) is 0 Å². The van der Waals surface area contributed by atoms with Crippen LogP contribution >= 0.6 is 0 Å². The molecule has 1 atom stereocenters. The van der Waals surface area contributed by atoms with E-state index in [1.54, 1.807) is 18.4 Å². The third-order valence-electron chi connectivity index (χ3n) is 4.62. The minimum absolute atomic E-state index is 0.0494. The van der Waals surface area contributed by atoms with Gasteiger partial charge in [-0.05, 0) is 41.8 Å². The van der Waals surface area contributed by atoms with Crippen molar-refractivity contribution in [3.8, 4) is 5.75 Å². The lowest BCUT2D eigenvalue weighted by Gasteiger charge is -2.15. The van der Waals surface area contributed by atoms with Crippen molar-refractivity contribution in [1.29, 1.82) is 0 Å². The molecule has 4 rings (SSSR count). The van der Waals surface area contributed by atoms with Crippen LogP contribution in [-0.2, 0) is 11.2 Å². The van der Waals surface area contributed by atoms with E-state index in [2.05, 4.69) is 18.2 Å². The fraction of sp³-hybridized carbons (Fsp3) is 0.316. The number of ether oxygens (including phenoxy) is 1. The number of fused-ring (bicyclic) bond motifs is 1. The zero-order chi connectivity index (χ0) is 15.6. The predicted octanol–water partition coefficient (Wildman–Crippen LogP) is 3.24. The van der Waals surface area contributed by atoms with Gasteiger partial charge in [-0.2, -0.15) is 0 Å². The molecule has 2 aliphatic rings. The van der Waals surface area contributed by atoms with Crippen LogP contribution in [0.2, 0.25) is 0 Å². The second-order valence-electron chi connectivity index (χ2n) is 6.08. The number of likely N-dealkylation sites (tertiary alicyclic amines) is 1. The SMILES string of the molecule is O=C(/C=C/c1ccco1)N1CCC(c2ccc3c(c2)CCO3)C1. The Morgan fingerprint density at radius 3 is 3.13 bits per heavy atom. The van der Waals surface area contributed by atoms with E-state index in [-0.39, 0.29) is 5.91 Å². The van der Waals surface area contributed by atoms with Gasteiger partial charge in [-0.15, -0.1) is 0 Å². The van der Waals surface area contributed by atoms with Crippen LogP contribution in [0.25, 0.3) is 6.08 Å². The van der Waals surface area contributed by atoms with E-state index in [1.165, 1.54) is 11.1 Å². The van der Waals surface area contributed by atoms with Crippen molar-refractivity contribution in [3.05, 3.63) is 59.6 Å². The van der Waals surface area contributed by atoms with Crippen LogP contribution in [0.4, 0.5) is 0 Å². The van der Waals surface area contributed by atoms with E-state index in [1.807, 2.05) is 17.0 Å². The van der Waals surface area contributed by atoms with Crippen LogP contribution in [-0.4, -0.2) is 30.5 Å². The van der Waals surface area contributed by atoms with Crippen LogP contribution in [0.15, 0.2) is 47.1 Å². The minimum atomic E-state index is 0.0494. The molecule has 1 saturated heterocycles. The maximum absolute atomic E-state index is 12.3. The molecular weight excluding hydrogens is 290 g/mol. The molecule has 1 amide bonds. The normalized spacial score (nSPS) is 20.0. The second-order valence-corrected chi connectivity index (χ2v) is 6.08. The van der Waals surface area contributed by atoms with Crippen molar-refractivity contribution in [2.75, 3.05) is 19.7 Å². The first-order valence-corrected chi connectivity index (χ1v) is 8.06. The summed E-state index contributed by atoms with van der Waals surface area (Å²) in [5, 5.41) is 0. The average molecular weight is 309 g/mol. The van der Waals surface area contributed by atoms with Crippen molar-refractivity contribution in [2.45, 2.75) is 18.8 Å². The smallest absolute Gasteiger partial charge is 0.246 e. The lowest BCUT2D eigenvalue weighted by molar-refractivity contribution is -0.124. The van der Waals surface area contributed by atoms with Crippen molar-refractivity contribution < 1.29 is 13.9 Å². The zero-order valence-corrected chi connectivity index (χ0v) is 12.9. The highest BCUT2D eigenvalue weighted by atomic mass is 16.5. The topological polar surface area (TPSA) is 42.7 Å². The van der Waals surface area contributed by atoms with Gasteiger partial charge in [-0.1, -0.05) is 12.1 Å². The summed E-state index contributed by atoms with van der Waals surface area (Å²) in [5.41, 5.74) is 2.62. The van der Waals surface area contributed by atoms with Gasteiger partial charge in [-0.3, -0.25) is 4.79 Å². The Labute approximate surface area is 135 Å². The fourth-order valence-corrected chi connectivity index (χ4v) is 3.34. The van der Waals surface area contributed by atoms with E-state index < -0.39 is 0 Å². The van der Waals surface area contributed by atoms with E-state index in [9.17, 15) is 4.79 Å². The number of furan rings is 1. The van der Waals surface area contributed by atoms with Gasteiger partial charge in [0.25, 0.3) is 0 Å². The van der Waals surface area contributed by atoms with Crippen LogP contribution < -0.4 is 4.74 Å². The molecule has 1 fully saturated rings. The molecule has 2 aliphatic heterocycles. The summed E-state index contributed by atoms with van der Waals surface area (Å²) in [4.78, 5) is 14.2. The van der Waals surface area contributed by atoms with E-state index in [4.69, 9.17) is 9.15 Å². The molecule has 0 bridgehead atoms. The Morgan fingerprint density at radius 1 is 1.30 bits per heavy atom. The van der Waals surface area contributed by atoms with Crippen molar-refractivity contribution in [1.82, 2.24) is 4.90 Å². The first kappa shape index (κ1) is 14.1. The summed E-state index contributed by atoms with van der Waals surface area (Å²) in [5.74, 6) is 2.18. The predicted molar refractivity (Wildman–Crippen MR) is 87.3 cm³/mol.